The maximum absolute atomic E-state index is 10.5. The highest BCUT2D eigenvalue weighted by Gasteiger charge is 2.03. The van der Waals surface area contributed by atoms with Crippen molar-refractivity contribution >= 4 is 29.6 Å². The van der Waals surface area contributed by atoms with Gasteiger partial charge < -0.3 is 0 Å². The molecule has 0 unspecified atom stereocenters. The van der Waals surface area contributed by atoms with Crippen molar-refractivity contribution in [3.05, 3.63) is 28.8 Å². The minimum Gasteiger partial charge on any atom is -0.298 e. The number of benzene rings is 1. The molecule has 0 fully saturated rings. The SMILES string of the molecule is CC(C)CSc1ccc(C=O)cc1Cl. The molecule has 0 saturated heterocycles. The summed E-state index contributed by atoms with van der Waals surface area (Å²) in [5.41, 5.74) is 0.629. The number of carbonyl (C=O) groups is 1. The summed E-state index contributed by atoms with van der Waals surface area (Å²) in [7, 11) is 0. The number of hydrogen-bond acceptors (Lipinski definition) is 2. The number of halogens is 1. The van der Waals surface area contributed by atoms with Crippen LogP contribution in [0.1, 0.15) is 24.2 Å². The van der Waals surface area contributed by atoms with E-state index in [0.29, 0.717) is 16.5 Å². The Bertz CT molecular complexity index is 323. The number of carbonyl (C=O) groups excluding carboxylic acids is 1. The van der Waals surface area contributed by atoms with E-state index in [1.54, 1.807) is 23.9 Å². The Labute approximate surface area is 93.8 Å². The Kier molecular flexibility index (Phi) is 4.49. The van der Waals surface area contributed by atoms with Gasteiger partial charge >= 0.3 is 0 Å². The van der Waals surface area contributed by atoms with Crippen LogP contribution < -0.4 is 0 Å². The molecule has 0 saturated carbocycles. The molecule has 0 atom stereocenters. The van der Waals surface area contributed by atoms with Crippen LogP contribution in [0.5, 0.6) is 0 Å². The van der Waals surface area contributed by atoms with Gasteiger partial charge in [-0.15, -0.1) is 11.8 Å². The van der Waals surface area contributed by atoms with Crippen molar-refractivity contribution in [2.75, 3.05) is 5.75 Å². The molecule has 1 nitrogen and oxygen atoms in total. The van der Waals surface area contributed by atoms with Gasteiger partial charge in [-0.05, 0) is 18.1 Å². The van der Waals surface area contributed by atoms with E-state index in [4.69, 9.17) is 11.6 Å². The van der Waals surface area contributed by atoms with Crippen LogP contribution in [-0.4, -0.2) is 12.0 Å². The smallest absolute Gasteiger partial charge is 0.150 e. The maximum Gasteiger partial charge on any atom is 0.150 e. The molecule has 1 aromatic carbocycles. The first-order valence-corrected chi connectivity index (χ1v) is 5.87. The topological polar surface area (TPSA) is 17.1 Å². The zero-order valence-corrected chi connectivity index (χ0v) is 9.86. The van der Waals surface area contributed by atoms with Gasteiger partial charge in [-0.25, -0.2) is 0 Å². The number of hydrogen-bond donors (Lipinski definition) is 0. The minimum atomic E-state index is 0.629. The summed E-state index contributed by atoms with van der Waals surface area (Å²) < 4.78 is 0. The van der Waals surface area contributed by atoms with Crippen molar-refractivity contribution < 1.29 is 4.79 Å². The van der Waals surface area contributed by atoms with Gasteiger partial charge in [-0.2, -0.15) is 0 Å². The molecule has 0 aliphatic carbocycles. The van der Waals surface area contributed by atoms with Gasteiger partial charge in [0.15, 0.2) is 0 Å². The average Bonchev–Trinajstić information content (AvgIpc) is 2.15. The van der Waals surface area contributed by atoms with Gasteiger partial charge in [0.25, 0.3) is 0 Å². The Morgan fingerprint density at radius 1 is 1.50 bits per heavy atom. The number of aldehydes is 1. The predicted octanol–water partition coefficient (Wildman–Crippen LogP) is 3.90. The van der Waals surface area contributed by atoms with E-state index in [-0.39, 0.29) is 0 Å². The first-order valence-electron chi connectivity index (χ1n) is 4.51. The maximum atomic E-state index is 10.5. The second kappa shape index (κ2) is 5.42. The molecule has 14 heavy (non-hydrogen) atoms. The van der Waals surface area contributed by atoms with Crippen molar-refractivity contribution in [1.82, 2.24) is 0 Å². The van der Waals surface area contributed by atoms with E-state index in [1.165, 1.54) is 0 Å². The molecule has 0 radical (unpaired) electrons. The summed E-state index contributed by atoms with van der Waals surface area (Å²) in [4.78, 5) is 11.5. The van der Waals surface area contributed by atoms with Gasteiger partial charge in [0.2, 0.25) is 0 Å². The van der Waals surface area contributed by atoms with Crippen LogP contribution in [0.15, 0.2) is 23.1 Å². The van der Waals surface area contributed by atoms with E-state index < -0.39 is 0 Å². The van der Waals surface area contributed by atoms with Crippen LogP contribution in [0.25, 0.3) is 0 Å². The summed E-state index contributed by atoms with van der Waals surface area (Å²) in [5.74, 6) is 1.68. The number of rotatable bonds is 4. The quantitative estimate of drug-likeness (QED) is 0.574. The molecule has 0 N–H and O–H groups in total. The third-order valence-corrected chi connectivity index (χ3v) is 3.59. The summed E-state index contributed by atoms with van der Waals surface area (Å²) in [6, 6.07) is 5.40. The zero-order chi connectivity index (χ0) is 10.6. The lowest BCUT2D eigenvalue weighted by molar-refractivity contribution is 0.112. The Hall–Kier alpha value is -0.470. The summed E-state index contributed by atoms with van der Waals surface area (Å²) in [6.45, 7) is 4.33. The normalized spacial score (nSPS) is 10.6. The van der Waals surface area contributed by atoms with Crippen LogP contribution in [0.3, 0.4) is 0 Å². The van der Waals surface area contributed by atoms with Crippen molar-refractivity contribution in [1.29, 1.82) is 0 Å². The van der Waals surface area contributed by atoms with Crippen LogP contribution in [-0.2, 0) is 0 Å². The summed E-state index contributed by atoms with van der Waals surface area (Å²) in [6.07, 6.45) is 0.808. The molecule has 0 aliphatic heterocycles. The summed E-state index contributed by atoms with van der Waals surface area (Å²) >= 11 is 7.74. The molecule has 0 bridgehead atoms. The number of thioether (sulfide) groups is 1. The third-order valence-electron chi connectivity index (χ3n) is 1.66. The molecule has 76 valence electrons. The van der Waals surface area contributed by atoms with Crippen molar-refractivity contribution in [3.8, 4) is 0 Å². The molecule has 0 amide bonds. The highest BCUT2D eigenvalue weighted by molar-refractivity contribution is 7.99. The third kappa shape index (κ3) is 3.35. The van der Waals surface area contributed by atoms with E-state index in [9.17, 15) is 4.79 Å². The van der Waals surface area contributed by atoms with Gasteiger partial charge in [-0.1, -0.05) is 31.5 Å². The van der Waals surface area contributed by atoms with Crippen molar-refractivity contribution in [2.24, 2.45) is 5.92 Å². The Morgan fingerprint density at radius 2 is 2.21 bits per heavy atom. The van der Waals surface area contributed by atoms with Gasteiger partial charge in [0.05, 0.1) is 5.02 Å². The van der Waals surface area contributed by atoms with Gasteiger partial charge in [-0.3, -0.25) is 4.79 Å². The molecule has 3 heteroatoms. The summed E-state index contributed by atoms with van der Waals surface area (Å²) in [5, 5.41) is 0.667. The van der Waals surface area contributed by atoms with Crippen LogP contribution in [0.4, 0.5) is 0 Å². The second-order valence-electron chi connectivity index (χ2n) is 3.51. The molecule has 1 aromatic rings. The fourth-order valence-electron chi connectivity index (χ4n) is 0.964. The molecular weight excluding hydrogens is 216 g/mol. The highest BCUT2D eigenvalue weighted by Crippen LogP contribution is 2.28. The Morgan fingerprint density at radius 3 is 2.71 bits per heavy atom. The van der Waals surface area contributed by atoms with Gasteiger partial charge in [0, 0.05) is 16.2 Å². The predicted molar refractivity (Wildman–Crippen MR) is 62.4 cm³/mol. The van der Waals surface area contributed by atoms with Crippen molar-refractivity contribution in [3.63, 3.8) is 0 Å². The van der Waals surface area contributed by atoms with Gasteiger partial charge in [0.1, 0.15) is 6.29 Å². The largest absolute Gasteiger partial charge is 0.298 e. The molecule has 1 rings (SSSR count). The molecular formula is C11H13ClOS. The second-order valence-corrected chi connectivity index (χ2v) is 4.98. The molecule has 0 aromatic heterocycles. The molecule has 0 heterocycles. The van der Waals surface area contributed by atoms with E-state index >= 15 is 0 Å². The van der Waals surface area contributed by atoms with Crippen molar-refractivity contribution in [2.45, 2.75) is 18.7 Å². The Balaban J connectivity index is 2.73. The van der Waals surface area contributed by atoms with Crippen LogP contribution >= 0.6 is 23.4 Å². The van der Waals surface area contributed by atoms with E-state index in [1.807, 2.05) is 6.07 Å². The first-order chi connectivity index (χ1) is 6.63. The average molecular weight is 229 g/mol. The van der Waals surface area contributed by atoms with Crippen LogP contribution in [0.2, 0.25) is 5.02 Å². The van der Waals surface area contributed by atoms with E-state index in [2.05, 4.69) is 13.8 Å². The fourth-order valence-corrected chi connectivity index (χ4v) is 2.19. The standard InChI is InChI=1S/C11H13ClOS/c1-8(2)7-14-11-4-3-9(6-13)5-10(11)12/h3-6,8H,7H2,1-2H3. The first kappa shape index (κ1) is 11.6. The fraction of sp³-hybridized carbons (Fsp3) is 0.364. The van der Waals surface area contributed by atoms with Crippen LogP contribution in [0, 0.1) is 5.92 Å². The highest BCUT2D eigenvalue weighted by atomic mass is 35.5. The lowest BCUT2D eigenvalue weighted by atomic mass is 10.2. The zero-order valence-electron chi connectivity index (χ0n) is 8.29. The lowest BCUT2D eigenvalue weighted by Gasteiger charge is -2.06. The lowest BCUT2D eigenvalue weighted by Crippen LogP contribution is -1.90. The molecule has 0 aliphatic rings. The monoisotopic (exact) mass is 228 g/mol. The van der Waals surface area contributed by atoms with E-state index in [0.717, 1.165) is 16.9 Å². The molecule has 0 spiro atoms. The minimum absolute atomic E-state index is 0.629.